The van der Waals surface area contributed by atoms with Gasteiger partial charge in [-0.05, 0) is 38.8 Å². The fraction of sp³-hybridized carbons (Fsp3) is 0.357. The number of aromatic nitrogens is 1. The molecule has 3 rings (SSSR count). The molecule has 1 aromatic carbocycles. The number of benzene rings is 1. The number of nitrogens with one attached hydrogen (secondary N) is 1. The molecule has 0 saturated heterocycles. The molecular formula is C14H15NO. The Morgan fingerprint density at radius 3 is 2.75 bits per heavy atom. The van der Waals surface area contributed by atoms with Gasteiger partial charge in [0.2, 0.25) is 0 Å². The van der Waals surface area contributed by atoms with Crippen molar-refractivity contribution < 1.29 is 4.79 Å². The summed E-state index contributed by atoms with van der Waals surface area (Å²) in [4.78, 5) is 15.5. The minimum Gasteiger partial charge on any atom is -0.358 e. The van der Waals surface area contributed by atoms with E-state index in [-0.39, 0.29) is 0 Å². The minimum absolute atomic E-state index is 0.290. The normalized spacial score (nSPS) is 15.6. The Labute approximate surface area is 94.7 Å². The molecule has 2 heteroatoms. The molecule has 1 saturated carbocycles. The fourth-order valence-corrected chi connectivity index (χ4v) is 2.31. The van der Waals surface area contributed by atoms with Crippen LogP contribution in [0.5, 0.6) is 0 Å². The Bertz CT molecular complexity index is 576. The summed E-state index contributed by atoms with van der Waals surface area (Å²) < 4.78 is 0. The number of Topliss-reactive ketones (excluding diaryl/α,β-unsaturated/α-hetero) is 1. The highest BCUT2D eigenvalue weighted by Crippen LogP contribution is 2.36. The van der Waals surface area contributed by atoms with Crippen LogP contribution in [-0.2, 0) is 0 Å². The van der Waals surface area contributed by atoms with Crippen molar-refractivity contribution in [3.8, 4) is 0 Å². The van der Waals surface area contributed by atoms with Crippen molar-refractivity contribution in [3.05, 3.63) is 35.0 Å². The quantitative estimate of drug-likeness (QED) is 0.762. The first-order valence-corrected chi connectivity index (χ1v) is 5.80. The van der Waals surface area contributed by atoms with Gasteiger partial charge in [-0.3, -0.25) is 4.79 Å². The zero-order chi connectivity index (χ0) is 11.3. The topological polar surface area (TPSA) is 32.9 Å². The second-order valence-electron chi connectivity index (χ2n) is 4.81. The van der Waals surface area contributed by atoms with Crippen LogP contribution in [0.4, 0.5) is 0 Å². The van der Waals surface area contributed by atoms with Crippen molar-refractivity contribution in [2.24, 2.45) is 5.92 Å². The molecule has 2 aromatic rings. The van der Waals surface area contributed by atoms with Crippen molar-refractivity contribution in [1.82, 2.24) is 4.98 Å². The minimum atomic E-state index is 0.290. The molecule has 0 atom stereocenters. The number of ketones is 1. The largest absolute Gasteiger partial charge is 0.358 e. The Morgan fingerprint density at radius 2 is 2.06 bits per heavy atom. The van der Waals surface area contributed by atoms with Crippen LogP contribution in [0.25, 0.3) is 10.9 Å². The third kappa shape index (κ3) is 1.37. The first-order valence-electron chi connectivity index (χ1n) is 5.80. The zero-order valence-electron chi connectivity index (χ0n) is 9.63. The van der Waals surface area contributed by atoms with Crippen LogP contribution in [0.1, 0.15) is 34.5 Å². The highest BCUT2D eigenvalue weighted by Gasteiger charge is 2.32. The lowest BCUT2D eigenvalue weighted by atomic mass is 10.0. The molecule has 1 aromatic heterocycles. The van der Waals surface area contributed by atoms with E-state index in [9.17, 15) is 4.79 Å². The first kappa shape index (κ1) is 9.64. The van der Waals surface area contributed by atoms with E-state index in [1.807, 2.05) is 6.92 Å². The Balaban J connectivity index is 2.24. The summed E-state index contributed by atoms with van der Waals surface area (Å²) in [5.41, 5.74) is 4.21. The molecule has 1 N–H and O–H groups in total. The van der Waals surface area contributed by atoms with E-state index in [2.05, 4.69) is 30.1 Å². The summed E-state index contributed by atoms with van der Waals surface area (Å²) in [6.45, 7) is 4.05. The average molecular weight is 213 g/mol. The average Bonchev–Trinajstić information content (AvgIpc) is 3.01. The van der Waals surface area contributed by atoms with Gasteiger partial charge in [-0.2, -0.15) is 0 Å². The molecule has 0 radical (unpaired) electrons. The molecule has 0 spiro atoms. The monoisotopic (exact) mass is 213 g/mol. The third-order valence-corrected chi connectivity index (χ3v) is 3.34. The Kier molecular flexibility index (Phi) is 1.93. The SMILES string of the molecule is Cc1ccc2[nH]c(C)c(C(=O)C3CC3)c2c1. The molecule has 2 nitrogen and oxygen atoms in total. The van der Waals surface area contributed by atoms with E-state index in [0.29, 0.717) is 11.7 Å². The van der Waals surface area contributed by atoms with Gasteiger partial charge in [-0.25, -0.2) is 0 Å². The summed E-state index contributed by atoms with van der Waals surface area (Å²) in [7, 11) is 0. The van der Waals surface area contributed by atoms with Gasteiger partial charge in [0.15, 0.2) is 5.78 Å². The van der Waals surface area contributed by atoms with Gasteiger partial charge in [0.1, 0.15) is 0 Å². The predicted octanol–water partition coefficient (Wildman–Crippen LogP) is 3.38. The highest BCUT2D eigenvalue weighted by molar-refractivity contribution is 6.11. The van der Waals surface area contributed by atoms with Crippen LogP contribution in [0, 0.1) is 19.8 Å². The van der Waals surface area contributed by atoms with Gasteiger partial charge in [-0.1, -0.05) is 11.6 Å². The fourth-order valence-electron chi connectivity index (χ4n) is 2.31. The number of carbonyl (C=O) groups is 1. The molecule has 1 aliphatic rings. The Hall–Kier alpha value is -1.57. The highest BCUT2D eigenvalue weighted by atomic mass is 16.1. The maximum atomic E-state index is 12.2. The molecule has 1 aliphatic carbocycles. The van der Waals surface area contributed by atoms with Crippen molar-refractivity contribution in [2.75, 3.05) is 0 Å². The number of hydrogen-bond acceptors (Lipinski definition) is 1. The number of fused-ring (bicyclic) bond motifs is 1. The first-order chi connectivity index (χ1) is 7.66. The van der Waals surface area contributed by atoms with Crippen LogP contribution in [-0.4, -0.2) is 10.8 Å². The van der Waals surface area contributed by atoms with Crippen molar-refractivity contribution in [2.45, 2.75) is 26.7 Å². The molecule has 16 heavy (non-hydrogen) atoms. The lowest BCUT2D eigenvalue weighted by Gasteiger charge is -1.99. The van der Waals surface area contributed by atoms with Crippen LogP contribution in [0.2, 0.25) is 0 Å². The van der Waals surface area contributed by atoms with Gasteiger partial charge in [0.25, 0.3) is 0 Å². The third-order valence-electron chi connectivity index (χ3n) is 3.34. The van der Waals surface area contributed by atoms with Crippen LogP contribution in [0.15, 0.2) is 18.2 Å². The Morgan fingerprint density at radius 1 is 1.31 bits per heavy atom. The maximum Gasteiger partial charge on any atom is 0.168 e. The van der Waals surface area contributed by atoms with Gasteiger partial charge >= 0.3 is 0 Å². The van der Waals surface area contributed by atoms with Gasteiger partial charge in [0, 0.05) is 28.1 Å². The van der Waals surface area contributed by atoms with E-state index < -0.39 is 0 Å². The number of carbonyl (C=O) groups excluding carboxylic acids is 1. The molecule has 1 fully saturated rings. The van der Waals surface area contributed by atoms with E-state index >= 15 is 0 Å². The standard InChI is InChI=1S/C14H15NO/c1-8-3-6-12-11(7-8)13(9(2)15-12)14(16)10-4-5-10/h3,6-7,10,15H,4-5H2,1-2H3. The maximum absolute atomic E-state index is 12.2. The molecule has 0 bridgehead atoms. The van der Waals surface area contributed by atoms with E-state index in [4.69, 9.17) is 0 Å². The second-order valence-corrected chi connectivity index (χ2v) is 4.81. The molecular weight excluding hydrogens is 198 g/mol. The van der Waals surface area contributed by atoms with Gasteiger partial charge < -0.3 is 4.98 Å². The number of H-pyrrole nitrogens is 1. The smallest absolute Gasteiger partial charge is 0.168 e. The second kappa shape index (κ2) is 3.21. The van der Waals surface area contributed by atoms with Crippen molar-refractivity contribution in [1.29, 1.82) is 0 Å². The van der Waals surface area contributed by atoms with Gasteiger partial charge in [-0.15, -0.1) is 0 Å². The van der Waals surface area contributed by atoms with Gasteiger partial charge in [0.05, 0.1) is 0 Å². The van der Waals surface area contributed by atoms with E-state index in [1.54, 1.807) is 0 Å². The molecule has 82 valence electrons. The lowest BCUT2D eigenvalue weighted by Crippen LogP contribution is -2.02. The number of aryl methyl sites for hydroxylation is 2. The number of rotatable bonds is 2. The molecule has 0 unspecified atom stereocenters. The summed E-state index contributed by atoms with van der Waals surface area (Å²) in [6.07, 6.45) is 2.13. The van der Waals surface area contributed by atoms with E-state index in [1.165, 1.54) is 5.56 Å². The summed E-state index contributed by atoms with van der Waals surface area (Å²) in [5.74, 6) is 0.618. The molecule has 1 heterocycles. The van der Waals surface area contributed by atoms with Crippen LogP contribution >= 0.6 is 0 Å². The number of aromatic amines is 1. The van der Waals surface area contributed by atoms with Crippen molar-refractivity contribution in [3.63, 3.8) is 0 Å². The predicted molar refractivity (Wildman–Crippen MR) is 64.8 cm³/mol. The summed E-state index contributed by atoms with van der Waals surface area (Å²) in [5, 5.41) is 1.09. The van der Waals surface area contributed by atoms with E-state index in [0.717, 1.165) is 35.0 Å². The molecule has 0 amide bonds. The summed E-state index contributed by atoms with van der Waals surface area (Å²) in [6, 6.07) is 6.24. The van der Waals surface area contributed by atoms with Crippen molar-refractivity contribution >= 4 is 16.7 Å². The molecule has 0 aliphatic heterocycles. The van der Waals surface area contributed by atoms with Crippen LogP contribution < -0.4 is 0 Å². The summed E-state index contributed by atoms with van der Waals surface area (Å²) >= 11 is 0. The number of hydrogen-bond donors (Lipinski definition) is 1. The van der Waals surface area contributed by atoms with Crippen LogP contribution in [0.3, 0.4) is 0 Å². The zero-order valence-corrected chi connectivity index (χ0v) is 9.63. The lowest BCUT2D eigenvalue weighted by molar-refractivity contribution is 0.0968.